The Labute approximate surface area is 164 Å². The van der Waals surface area contributed by atoms with E-state index in [-0.39, 0.29) is 24.7 Å². The quantitative estimate of drug-likeness (QED) is 0.454. The van der Waals surface area contributed by atoms with Crippen molar-refractivity contribution in [2.24, 2.45) is 0 Å². The number of fused-ring (bicyclic) bond motifs is 6. The number of nitrogens with one attached hydrogen (secondary N) is 1. The molecule has 0 atom stereocenters. The second-order valence-corrected chi connectivity index (χ2v) is 6.99. The van der Waals surface area contributed by atoms with Crippen molar-refractivity contribution in [3.63, 3.8) is 0 Å². The summed E-state index contributed by atoms with van der Waals surface area (Å²) in [7, 11) is 1.82. The number of hydrogen-bond acceptors (Lipinski definition) is 7. The van der Waals surface area contributed by atoms with E-state index in [1.54, 1.807) is 16.8 Å². The zero-order valence-corrected chi connectivity index (χ0v) is 15.7. The van der Waals surface area contributed by atoms with Crippen molar-refractivity contribution in [1.82, 2.24) is 14.9 Å². The first kappa shape index (κ1) is 17.7. The lowest BCUT2D eigenvalue weighted by molar-refractivity contribution is 0.174. The van der Waals surface area contributed by atoms with Crippen LogP contribution in [0.4, 0.5) is 0 Å². The van der Waals surface area contributed by atoms with E-state index in [1.165, 1.54) is 6.07 Å². The molecule has 0 amide bonds. The molecule has 0 spiro atoms. The molecule has 2 aromatic heterocycles. The SMILES string of the molecule is CNCCn1c(=O)c2cc(O)c(CO)cc2c2cnc3cc4c(cc3c21)OCO4. The molecule has 0 saturated heterocycles. The number of hydrogen-bond donors (Lipinski definition) is 3. The van der Waals surface area contributed by atoms with Crippen LogP contribution in [0.15, 0.2) is 35.3 Å². The predicted molar refractivity (Wildman–Crippen MR) is 109 cm³/mol. The van der Waals surface area contributed by atoms with E-state index in [9.17, 15) is 15.0 Å². The first-order valence-electron chi connectivity index (χ1n) is 9.28. The zero-order valence-electron chi connectivity index (χ0n) is 15.7. The van der Waals surface area contributed by atoms with Gasteiger partial charge in [0.1, 0.15) is 5.75 Å². The highest BCUT2D eigenvalue weighted by Gasteiger charge is 2.20. The minimum Gasteiger partial charge on any atom is -0.508 e. The molecular formula is C21H19N3O5. The van der Waals surface area contributed by atoms with Gasteiger partial charge in [-0.3, -0.25) is 9.78 Å². The van der Waals surface area contributed by atoms with Crippen LogP contribution in [0.25, 0.3) is 32.6 Å². The van der Waals surface area contributed by atoms with E-state index >= 15 is 0 Å². The van der Waals surface area contributed by atoms with Crippen molar-refractivity contribution in [3.05, 3.63) is 46.4 Å². The average molecular weight is 393 g/mol. The second-order valence-electron chi connectivity index (χ2n) is 6.99. The Kier molecular flexibility index (Phi) is 4.04. The molecule has 1 aliphatic heterocycles. The molecule has 0 aliphatic carbocycles. The number of benzene rings is 2. The van der Waals surface area contributed by atoms with Gasteiger partial charge in [0, 0.05) is 41.7 Å². The summed E-state index contributed by atoms with van der Waals surface area (Å²) < 4.78 is 12.7. The molecule has 4 aromatic rings. The van der Waals surface area contributed by atoms with Gasteiger partial charge in [-0.25, -0.2) is 0 Å². The molecule has 1 aliphatic rings. The van der Waals surface area contributed by atoms with Gasteiger partial charge in [-0.2, -0.15) is 0 Å². The van der Waals surface area contributed by atoms with Crippen LogP contribution < -0.4 is 20.3 Å². The summed E-state index contributed by atoms with van der Waals surface area (Å²) in [6.45, 7) is 0.859. The highest BCUT2D eigenvalue weighted by Crippen LogP contribution is 2.39. The summed E-state index contributed by atoms with van der Waals surface area (Å²) in [4.78, 5) is 17.9. The summed E-state index contributed by atoms with van der Waals surface area (Å²) >= 11 is 0. The fourth-order valence-corrected chi connectivity index (χ4v) is 3.90. The molecule has 3 heterocycles. The molecule has 0 saturated carbocycles. The normalized spacial score (nSPS) is 13.0. The number of phenols is 1. The number of pyridine rings is 2. The molecule has 5 rings (SSSR count). The van der Waals surface area contributed by atoms with Crippen LogP contribution in [0.1, 0.15) is 5.56 Å². The Hall–Kier alpha value is -3.36. The van der Waals surface area contributed by atoms with Crippen molar-refractivity contribution >= 4 is 32.6 Å². The van der Waals surface area contributed by atoms with Gasteiger partial charge in [-0.1, -0.05) is 0 Å². The molecule has 3 N–H and O–H groups in total. The van der Waals surface area contributed by atoms with Gasteiger partial charge in [0.15, 0.2) is 11.5 Å². The van der Waals surface area contributed by atoms with Gasteiger partial charge >= 0.3 is 0 Å². The maximum absolute atomic E-state index is 13.4. The number of nitrogens with zero attached hydrogens (tertiary/aromatic N) is 2. The molecule has 8 heteroatoms. The molecular weight excluding hydrogens is 374 g/mol. The Morgan fingerprint density at radius 3 is 2.66 bits per heavy atom. The van der Waals surface area contributed by atoms with Gasteiger partial charge in [0.25, 0.3) is 5.56 Å². The Bertz CT molecular complexity index is 1350. The van der Waals surface area contributed by atoms with E-state index in [0.717, 1.165) is 16.3 Å². The Balaban J connectivity index is 1.98. The third-order valence-corrected chi connectivity index (χ3v) is 5.34. The van der Waals surface area contributed by atoms with Crippen LogP contribution in [0.3, 0.4) is 0 Å². The van der Waals surface area contributed by atoms with Crippen molar-refractivity contribution < 1.29 is 19.7 Å². The van der Waals surface area contributed by atoms with Crippen molar-refractivity contribution in [2.45, 2.75) is 13.2 Å². The number of aromatic nitrogens is 2. The standard InChI is InChI=1S/C21H19N3O5/c1-22-2-3-24-20-14-6-18-19(29-10-28-18)7-16(14)23-8-15(20)12-4-11(9-25)17(26)5-13(12)21(24)27/h4-8,22,25-26H,2-3,9-10H2,1H3. The van der Waals surface area contributed by atoms with Crippen LogP contribution in [0, 0.1) is 0 Å². The number of aliphatic hydroxyl groups excluding tert-OH is 1. The summed E-state index contributed by atoms with van der Waals surface area (Å²) in [5.74, 6) is 1.14. The minimum absolute atomic E-state index is 0.103. The molecule has 0 bridgehead atoms. The predicted octanol–water partition coefficient (Wildman–Crippen LogP) is 1.85. The third-order valence-electron chi connectivity index (χ3n) is 5.34. The number of aromatic hydroxyl groups is 1. The van der Waals surface area contributed by atoms with Crippen LogP contribution in [-0.2, 0) is 13.2 Å². The highest BCUT2D eigenvalue weighted by molar-refractivity contribution is 6.14. The monoisotopic (exact) mass is 393 g/mol. The van der Waals surface area contributed by atoms with Crippen molar-refractivity contribution in [1.29, 1.82) is 0 Å². The largest absolute Gasteiger partial charge is 0.508 e. The van der Waals surface area contributed by atoms with E-state index < -0.39 is 0 Å². The van der Waals surface area contributed by atoms with Crippen LogP contribution >= 0.6 is 0 Å². The van der Waals surface area contributed by atoms with E-state index in [1.807, 2.05) is 19.2 Å². The maximum Gasteiger partial charge on any atom is 0.259 e. The molecule has 0 radical (unpaired) electrons. The summed E-state index contributed by atoms with van der Waals surface area (Å²) in [5, 5.41) is 25.4. The molecule has 0 unspecified atom stereocenters. The molecule has 2 aromatic carbocycles. The third kappa shape index (κ3) is 2.60. The molecule has 0 fully saturated rings. The summed E-state index contributed by atoms with van der Waals surface area (Å²) in [5.41, 5.74) is 1.57. The molecule has 29 heavy (non-hydrogen) atoms. The Morgan fingerprint density at radius 2 is 1.90 bits per heavy atom. The second kappa shape index (κ2) is 6.61. The summed E-state index contributed by atoms with van der Waals surface area (Å²) in [6.07, 6.45) is 1.72. The van der Waals surface area contributed by atoms with Crippen LogP contribution in [-0.4, -0.2) is 40.1 Å². The van der Waals surface area contributed by atoms with E-state index in [4.69, 9.17) is 9.47 Å². The number of ether oxygens (including phenoxy) is 2. The lowest BCUT2D eigenvalue weighted by atomic mass is 10.0. The zero-order chi connectivity index (χ0) is 20.1. The lowest BCUT2D eigenvalue weighted by Crippen LogP contribution is -2.26. The Morgan fingerprint density at radius 1 is 1.10 bits per heavy atom. The van der Waals surface area contributed by atoms with Gasteiger partial charge in [0.2, 0.25) is 6.79 Å². The number of aliphatic hydroxyl groups is 1. The van der Waals surface area contributed by atoms with Crippen molar-refractivity contribution in [3.8, 4) is 17.2 Å². The van der Waals surface area contributed by atoms with Gasteiger partial charge in [-0.15, -0.1) is 0 Å². The van der Waals surface area contributed by atoms with Crippen LogP contribution in [0.5, 0.6) is 17.2 Å². The van der Waals surface area contributed by atoms with Gasteiger partial charge < -0.3 is 29.6 Å². The fraction of sp³-hybridized carbons (Fsp3) is 0.238. The smallest absolute Gasteiger partial charge is 0.259 e. The lowest BCUT2D eigenvalue weighted by Gasteiger charge is -2.16. The van der Waals surface area contributed by atoms with Crippen LogP contribution in [0.2, 0.25) is 0 Å². The van der Waals surface area contributed by atoms with E-state index in [2.05, 4.69) is 10.3 Å². The fourth-order valence-electron chi connectivity index (χ4n) is 3.90. The van der Waals surface area contributed by atoms with Gasteiger partial charge in [0.05, 0.1) is 23.0 Å². The number of likely N-dealkylation sites (N-methyl/N-ethyl adjacent to an activating group) is 1. The topological polar surface area (TPSA) is 106 Å². The highest BCUT2D eigenvalue weighted by atomic mass is 16.7. The molecule has 148 valence electrons. The first-order chi connectivity index (χ1) is 14.1. The van der Waals surface area contributed by atoms with E-state index in [0.29, 0.717) is 46.4 Å². The van der Waals surface area contributed by atoms with Gasteiger partial charge in [-0.05, 0) is 30.6 Å². The number of rotatable bonds is 4. The molecule has 8 nitrogen and oxygen atoms in total. The maximum atomic E-state index is 13.4. The average Bonchev–Trinajstić information content (AvgIpc) is 3.19. The first-order valence-corrected chi connectivity index (χ1v) is 9.28. The minimum atomic E-state index is -0.328. The summed E-state index contributed by atoms with van der Waals surface area (Å²) in [6, 6.07) is 6.73. The van der Waals surface area contributed by atoms with Crippen molar-refractivity contribution in [2.75, 3.05) is 20.4 Å².